The smallest absolute Gasteiger partial charge is 0.233 e. The van der Waals surface area contributed by atoms with Crippen molar-refractivity contribution in [3.05, 3.63) is 0 Å². The Kier molecular flexibility index (Phi) is 4.80. The lowest BCUT2D eigenvalue weighted by Crippen LogP contribution is -2.40. The Labute approximate surface area is 103 Å². The highest BCUT2D eigenvalue weighted by molar-refractivity contribution is 5.78. The van der Waals surface area contributed by atoms with Gasteiger partial charge < -0.3 is 15.7 Å². The average Bonchev–Trinajstić information content (AvgIpc) is 2.95. The molecule has 3 N–H and O–H groups in total. The van der Waals surface area contributed by atoms with Crippen LogP contribution in [0, 0.1) is 5.92 Å². The summed E-state index contributed by atoms with van der Waals surface area (Å²) < 4.78 is 0. The van der Waals surface area contributed by atoms with E-state index in [1.807, 2.05) is 0 Å². The van der Waals surface area contributed by atoms with E-state index >= 15 is 0 Å². The number of carbonyl (C=O) groups is 1. The Morgan fingerprint density at radius 2 is 1.88 bits per heavy atom. The fourth-order valence-corrected chi connectivity index (χ4v) is 2.93. The Morgan fingerprint density at radius 1 is 1.12 bits per heavy atom. The minimum atomic E-state index is -0.210. The van der Waals surface area contributed by atoms with E-state index in [-0.39, 0.29) is 17.9 Å². The highest BCUT2D eigenvalue weighted by atomic mass is 16.3. The van der Waals surface area contributed by atoms with Crippen LogP contribution in [0.1, 0.15) is 44.9 Å². The monoisotopic (exact) mass is 240 g/mol. The first-order valence-corrected chi connectivity index (χ1v) is 6.94. The maximum atomic E-state index is 11.6. The Balaban J connectivity index is 1.57. The van der Waals surface area contributed by atoms with E-state index in [1.54, 1.807) is 0 Å². The van der Waals surface area contributed by atoms with Gasteiger partial charge >= 0.3 is 0 Å². The first-order valence-electron chi connectivity index (χ1n) is 6.94. The van der Waals surface area contributed by atoms with Crippen LogP contribution in [0.4, 0.5) is 0 Å². The van der Waals surface area contributed by atoms with E-state index in [1.165, 1.54) is 25.7 Å². The van der Waals surface area contributed by atoms with Crippen LogP contribution in [0.5, 0.6) is 0 Å². The molecule has 0 saturated heterocycles. The van der Waals surface area contributed by atoms with Crippen molar-refractivity contribution in [2.24, 2.45) is 5.92 Å². The van der Waals surface area contributed by atoms with Crippen molar-refractivity contribution in [2.75, 3.05) is 13.1 Å². The molecule has 1 amide bonds. The summed E-state index contributed by atoms with van der Waals surface area (Å²) in [5.74, 6) is 0.335. The van der Waals surface area contributed by atoms with Crippen molar-refractivity contribution in [1.82, 2.24) is 10.6 Å². The standard InChI is InChI=1S/C13H24N2O2/c16-12-7-3-4-10(12)8-15-13(17)9-14-11-5-1-2-6-11/h10-12,14,16H,1-9H2,(H,15,17). The van der Waals surface area contributed by atoms with Crippen LogP contribution in [0.2, 0.25) is 0 Å². The summed E-state index contributed by atoms with van der Waals surface area (Å²) in [6.07, 6.45) is 7.78. The predicted molar refractivity (Wildman–Crippen MR) is 66.6 cm³/mol. The van der Waals surface area contributed by atoms with Crippen molar-refractivity contribution in [3.8, 4) is 0 Å². The SMILES string of the molecule is O=C(CNC1CCCC1)NCC1CCCC1O. The van der Waals surface area contributed by atoms with Crippen LogP contribution < -0.4 is 10.6 Å². The summed E-state index contributed by atoms with van der Waals surface area (Å²) in [5.41, 5.74) is 0. The molecule has 0 spiro atoms. The first-order chi connectivity index (χ1) is 8.25. The molecule has 2 aliphatic carbocycles. The maximum absolute atomic E-state index is 11.6. The van der Waals surface area contributed by atoms with Gasteiger partial charge in [0.05, 0.1) is 12.6 Å². The number of hydrogen-bond acceptors (Lipinski definition) is 3. The average molecular weight is 240 g/mol. The summed E-state index contributed by atoms with van der Waals surface area (Å²) in [6, 6.07) is 0.540. The van der Waals surface area contributed by atoms with Gasteiger partial charge in [-0.1, -0.05) is 19.3 Å². The van der Waals surface area contributed by atoms with Crippen LogP contribution in [0.15, 0.2) is 0 Å². The summed E-state index contributed by atoms with van der Waals surface area (Å²) in [6.45, 7) is 1.06. The molecule has 2 fully saturated rings. The molecule has 0 bridgehead atoms. The summed E-state index contributed by atoms with van der Waals surface area (Å²) in [5, 5.41) is 15.8. The number of aliphatic hydroxyl groups is 1. The molecule has 0 heterocycles. The van der Waals surface area contributed by atoms with E-state index in [0.29, 0.717) is 19.1 Å². The van der Waals surface area contributed by atoms with Crippen molar-refractivity contribution < 1.29 is 9.90 Å². The quantitative estimate of drug-likeness (QED) is 0.666. The van der Waals surface area contributed by atoms with Gasteiger partial charge in [0.15, 0.2) is 0 Å². The Bertz CT molecular complexity index is 252. The molecule has 0 radical (unpaired) electrons. The van der Waals surface area contributed by atoms with Gasteiger partial charge in [-0.15, -0.1) is 0 Å². The summed E-state index contributed by atoms with van der Waals surface area (Å²) in [7, 11) is 0. The minimum absolute atomic E-state index is 0.0657. The van der Waals surface area contributed by atoms with Crippen LogP contribution in [-0.4, -0.2) is 36.2 Å². The number of amides is 1. The molecular formula is C13H24N2O2. The number of rotatable bonds is 5. The summed E-state index contributed by atoms with van der Waals surface area (Å²) >= 11 is 0. The van der Waals surface area contributed by atoms with E-state index in [2.05, 4.69) is 10.6 Å². The largest absolute Gasteiger partial charge is 0.393 e. The van der Waals surface area contributed by atoms with Gasteiger partial charge in [-0.2, -0.15) is 0 Å². The van der Waals surface area contributed by atoms with Crippen LogP contribution in [0.25, 0.3) is 0 Å². The molecule has 2 unspecified atom stereocenters. The molecule has 4 nitrogen and oxygen atoms in total. The van der Waals surface area contributed by atoms with E-state index in [9.17, 15) is 9.90 Å². The molecule has 17 heavy (non-hydrogen) atoms. The zero-order valence-corrected chi connectivity index (χ0v) is 10.5. The first kappa shape index (κ1) is 12.8. The number of hydrogen-bond donors (Lipinski definition) is 3. The van der Waals surface area contributed by atoms with Gasteiger partial charge in [-0.3, -0.25) is 4.79 Å². The lowest BCUT2D eigenvalue weighted by atomic mass is 10.1. The minimum Gasteiger partial charge on any atom is -0.393 e. The van der Waals surface area contributed by atoms with Crippen LogP contribution in [0.3, 0.4) is 0 Å². The third-order valence-corrected chi connectivity index (χ3v) is 4.09. The van der Waals surface area contributed by atoms with Crippen LogP contribution in [-0.2, 0) is 4.79 Å². The number of nitrogens with one attached hydrogen (secondary N) is 2. The molecule has 0 aliphatic heterocycles. The molecule has 2 rings (SSSR count). The van der Waals surface area contributed by atoms with Gasteiger partial charge in [0.25, 0.3) is 0 Å². The molecule has 4 heteroatoms. The number of aliphatic hydroxyl groups excluding tert-OH is 1. The molecule has 2 atom stereocenters. The maximum Gasteiger partial charge on any atom is 0.233 e. The molecule has 2 saturated carbocycles. The zero-order chi connectivity index (χ0) is 12.1. The molecule has 0 aromatic carbocycles. The predicted octanol–water partition coefficient (Wildman–Crippen LogP) is 0.796. The van der Waals surface area contributed by atoms with E-state index < -0.39 is 0 Å². The fraction of sp³-hybridized carbons (Fsp3) is 0.923. The Hall–Kier alpha value is -0.610. The lowest BCUT2D eigenvalue weighted by Gasteiger charge is -2.16. The molecule has 0 aromatic heterocycles. The normalized spacial score (nSPS) is 29.7. The second-order valence-corrected chi connectivity index (χ2v) is 5.42. The number of carbonyl (C=O) groups excluding carboxylic acids is 1. The molecular weight excluding hydrogens is 216 g/mol. The molecule has 0 aromatic rings. The van der Waals surface area contributed by atoms with Crippen molar-refractivity contribution in [1.29, 1.82) is 0 Å². The van der Waals surface area contributed by atoms with E-state index in [4.69, 9.17) is 0 Å². The molecule has 98 valence electrons. The highest BCUT2D eigenvalue weighted by Crippen LogP contribution is 2.24. The second-order valence-electron chi connectivity index (χ2n) is 5.42. The van der Waals surface area contributed by atoms with Crippen molar-refractivity contribution in [2.45, 2.75) is 57.1 Å². The van der Waals surface area contributed by atoms with E-state index in [0.717, 1.165) is 19.3 Å². The van der Waals surface area contributed by atoms with Gasteiger partial charge in [-0.05, 0) is 25.7 Å². The van der Waals surface area contributed by atoms with Gasteiger partial charge in [0.2, 0.25) is 5.91 Å². The van der Waals surface area contributed by atoms with Gasteiger partial charge in [-0.25, -0.2) is 0 Å². The zero-order valence-electron chi connectivity index (χ0n) is 10.5. The topological polar surface area (TPSA) is 61.4 Å². The fourth-order valence-electron chi connectivity index (χ4n) is 2.93. The Morgan fingerprint density at radius 3 is 2.53 bits per heavy atom. The third-order valence-electron chi connectivity index (χ3n) is 4.09. The molecule has 2 aliphatic rings. The van der Waals surface area contributed by atoms with Crippen molar-refractivity contribution >= 4 is 5.91 Å². The highest BCUT2D eigenvalue weighted by Gasteiger charge is 2.25. The van der Waals surface area contributed by atoms with Crippen molar-refractivity contribution in [3.63, 3.8) is 0 Å². The lowest BCUT2D eigenvalue weighted by molar-refractivity contribution is -0.120. The third kappa shape index (κ3) is 3.96. The van der Waals surface area contributed by atoms with Gasteiger partial charge in [0.1, 0.15) is 0 Å². The second kappa shape index (κ2) is 6.36. The van der Waals surface area contributed by atoms with Gasteiger partial charge in [0, 0.05) is 18.5 Å². The van der Waals surface area contributed by atoms with Crippen LogP contribution >= 0.6 is 0 Å². The summed E-state index contributed by atoms with van der Waals surface area (Å²) in [4.78, 5) is 11.6.